The summed E-state index contributed by atoms with van der Waals surface area (Å²) in [4.78, 5) is 32.3. The number of rotatable bonds is 3. The number of fused-ring (bicyclic) bond motifs is 1. The second-order valence-electron chi connectivity index (χ2n) is 7.27. The van der Waals surface area contributed by atoms with Crippen LogP contribution < -0.4 is 5.32 Å². The number of hydrogen-bond donors (Lipinski definition) is 1. The van der Waals surface area contributed by atoms with E-state index in [1.807, 2.05) is 67.6 Å². The first-order valence-electron chi connectivity index (χ1n) is 9.63. The van der Waals surface area contributed by atoms with Gasteiger partial charge >= 0.3 is 0 Å². The second-order valence-corrected chi connectivity index (χ2v) is 7.27. The average molecular weight is 373 g/mol. The van der Waals surface area contributed by atoms with Crippen molar-refractivity contribution in [2.45, 2.75) is 19.8 Å². The van der Waals surface area contributed by atoms with Crippen molar-refractivity contribution >= 4 is 28.4 Å². The lowest BCUT2D eigenvalue weighted by atomic mass is 9.95. The highest BCUT2D eigenvalue weighted by Crippen LogP contribution is 2.24. The van der Waals surface area contributed by atoms with Crippen LogP contribution >= 0.6 is 0 Å². The number of aryl methyl sites for hydroxylation is 1. The topological polar surface area (TPSA) is 62.3 Å². The second kappa shape index (κ2) is 7.80. The van der Waals surface area contributed by atoms with Gasteiger partial charge in [-0.2, -0.15) is 0 Å². The zero-order valence-electron chi connectivity index (χ0n) is 15.9. The molecule has 1 saturated heterocycles. The summed E-state index contributed by atoms with van der Waals surface area (Å²) in [6.45, 7) is 3.01. The quantitative estimate of drug-likeness (QED) is 0.754. The zero-order chi connectivity index (χ0) is 19.5. The van der Waals surface area contributed by atoms with Crippen molar-refractivity contribution in [2.75, 3.05) is 18.4 Å². The number of amides is 2. The molecule has 1 atom stereocenters. The third-order valence-electron chi connectivity index (χ3n) is 5.20. The highest BCUT2D eigenvalue weighted by molar-refractivity contribution is 6.06. The molecule has 5 nitrogen and oxygen atoms in total. The van der Waals surface area contributed by atoms with Gasteiger partial charge < -0.3 is 10.2 Å². The number of carbonyl (C=O) groups excluding carboxylic acids is 2. The number of benzene rings is 2. The summed E-state index contributed by atoms with van der Waals surface area (Å²) in [5.41, 5.74) is 3.08. The van der Waals surface area contributed by atoms with Crippen LogP contribution in [0.4, 0.5) is 5.69 Å². The molecule has 1 aromatic heterocycles. The number of likely N-dealkylation sites (tertiary alicyclic amines) is 1. The average Bonchev–Trinajstić information content (AvgIpc) is 2.73. The molecule has 0 bridgehead atoms. The summed E-state index contributed by atoms with van der Waals surface area (Å²) < 4.78 is 0. The molecule has 0 aliphatic carbocycles. The minimum absolute atomic E-state index is 0.0283. The third kappa shape index (κ3) is 3.74. The summed E-state index contributed by atoms with van der Waals surface area (Å²) in [5, 5.41) is 3.82. The smallest absolute Gasteiger partial charge is 0.254 e. The molecule has 1 aliphatic heterocycles. The van der Waals surface area contributed by atoms with Crippen LogP contribution in [0.2, 0.25) is 0 Å². The standard InChI is InChI=1S/C23H23N3O2/c1-16-14-20(19-11-5-6-12-21(19)24-16)23(28)26-13-7-8-17(15-26)22(27)25-18-9-3-2-4-10-18/h2-6,9-12,14,17H,7-8,13,15H2,1H3,(H,25,27)/t17-/m0/s1. The van der Waals surface area contributed by atoms with Gasteiger partial charge in [0, 0.05) is 29.9 Å². The number of piperidine rings is 1. The molecule has 1 N–H and O–H groups in total. The van der Waals surface area contributed by atoms with E-state index in [0.717, 1.165) is 35.1 Å². The Morgan fingerprint density at radius 3 is 2.64 bits per heavy atom. The molecule has 0 spiro atoms. The maximum atomic E-state index is 13.3. The van der Waals surface area contributed by atoms with Crippen molar-refractivity contribution in [2.24, 2.45) is 5.92 Å². The predicted octanol–water partition coefficient (Wildman–Crippen LogP) is 4.03. The molecule has 0 radical (unpaired) electrons. The molecule has 2 aromatic carbocycles. The molecule has 5 heteroatoms. The first kappa shape index (κ1) is 18.2. The molecule has 1 fully saturated rings. The lowest BCUT2D eigenvalue weighted by molar-refractivity contribution is -0.121. The van der Waals surface area contributed by atoms with E-state index in [1.54, 1.807) is 4.90 Å². The van der Waals surface area contributed by atoms with Crippen molar-refractivity contribution in [3.05, 3.63) is 71.9 Å². The number of carbonyl (C=O) groups is 2. The zero-order valence-corrected chi connectivity index (χ0v) is 15.9. The van der Waals surface area contributed by atoms with Gasteiger partial charge in [-0.05, 0) is 44.0 Å². The fraction of sp³-hybridized carbons (Fsp3) is 0.261. The SMILES string of the molecule is Cc1cc(C(=O)N2CCC[C@H](C(=O)Nc3ccccc3)C2)c2ccccc2n1. The van der Waals surface area contributed by atoms with Gasteiger partial charge in [-0.25, -0.2) is 0 Å². The van der Waals surface area contributed by atoms with Crippen molar-refractivity contribution in [3.8, 4) is 0 Å². The Kier molecular flexibility index (Phi) is 5.06. The number of nitrogens with one attached hydrogen (secondary N) is 1. The molecule has 4 rings (SSSR count). The van der Waals surface area contributed by atoms with E-state index < -0.39 is 0 Å². The highest BCUT2D eigenvalue weighted by Gasteiger charge is 2.29. The first-order chi connectivity index (χ1) is 13.6. The summed E-state index contributed by atoms with van der Waals surface area (Å²) in [5.74, 6) is -0.259. The predicted molar refractivity (Wildman–Crippen MR) is 110 cm³/mol. The molecule has 1 aliphatic rings. The molecule has 3 aromatic rings. The van der Waals surface area contributed by atoms with E-state index in [4.69, 9.17) is 0 Å². The Balaban J connectivity index is 1.53. The molecular formula is C23H23N3O2. The summed E-state index contributed by atoms with van der Waals surface area (Å²) in [6, 6.07) is 19.0. The van der Waals surface area contributed by atoms with Gasteiger partial charge in [0.25, 0.3) is 5.91 Å². The number of nitrogens with zero attached hydrogens (tertiary/aromatic N) is 2. The minimum atomic E-state index is -0.202. The van der Waals surface area contributed by atoms with Crippen LogP contribution in [0.1, 0.15) is 28.9 Å². The summed E-state index contributed by atoms with van der Waals surface area (Å²) >= 11 is 0. The molecule has 142 valence electrons. The lowest BCUT2D eigenvalue weighted by Gasteiger charge is -2.32. The van der Waals surface area contributed by atoms with Crippen LogP contribution in [0.5, 0.6) is 0 Å². The molecule has 2 heterocycles. The Hall–Kier alpha value is -3.21. The van der Waals surface area contributed by atoms with Crippen molar-refractivity contribution < 1.29 is 9.59 Å². The van der Waals surface area contributed by atoms with Crippen LogP contribution in [0.15, 0.2) is 60.7 Å². The number of pyridine rings is 1. The van der Waals surface area contributed by atoms with E-state index in [-0.39, 0.29) is 17.7 Å². The van der Waals surface area contributed by atoms with Gasteiger partial charge in [-0.3, -0.25) is 14.6 Å². The van der Waals surface area contributed by atoms with E-state index >= 15 is 0 Å². The largest absolute Gasteiger partial charge is 0.338 e. The fourth-order valence-corrected chi connectivity index (χ4v) is 3.80. The Labute approximate surface area is 164 Å². The van der Waals surface area contributed by atoms with Crippen molar-refractivity contribution in [1.82, 2.24) is 9.88 Å². The van der Waals surface area contributed by atoms with Crippen LogP contribution in [-0.4, -0.2) is 34.8 Å². The highest BCUT2D eigenvalue weighted by atomic mass is 16.2. The molecule has 0 unspecified atom stereocenters. The van der Waals surface area contributed by atoms with Gasteiger partial charge in [0.05, 0.1) is 17.0 Å². The van der Waals surface area contributed by atoms with Gasteiger partial charge in [-0.15, -0.1) is 0 Å². The normalized spacial score (nSPS) is 16.8. The summed E-state index contributed by atoms with van der Waals surface area (Å²) in [6.07, 6.45) is 1.61. The maximum Gasteiger partial charge on any atom is 0.254 e. The van der Waals surface area contributed by atoms with E-state index in [9.17, 15) is 9.59 Å². The van der Waals surface area contributed by atoms with Gasteiger partial charge in [0.2, 0.25) is 5.91 Å². The number of aromatic nitrogens is 1. The minimum Gasteiger partial charge on any atom is -0.338 e. The van der Waals surface area contributed by atoms with Crippen molar-refractivity contribution in [1.29, 1.82) is 0 Å². The summed E-state index contributed by atoms with van der Waals surface area (Å²) in [7, 11) is 0. The number of anilines is 1. The molecule has 28 heavy (non-hydrogen) atoms. The van der Waals surface area contributed by atoms with Crippen LogP contribution in [0, 0.1) is 12.8 Å². The van der Waals surface area contributed by atoms with E-state index in [1.165, 1.54) is 0 Å². The van der Waals surface area contributed by atoms with Crippen LogP contribution in [0.3, 0.4) is 0 Å². The van der Waals surface area contributed by atoms with Gasteiger partial charge in [-0.1, -0.05) is 36.4 Å². The van der Waals surface area contributed by atoms with E-state index in [2.05, 4.69) is 10.3 Å². The molecule has 0 saturated carbocycles. The van der Waals surface area contributed by atoms with Crippen LogP contribution in [-0.2, 0) is 4.79 Å². The number of hydrogen-bond acceptors (Lipinski definition) is 3. The third-order valence-corrected chi connectivity index (χ3v) is 5.20. The maximum absolute atomic E-state index is 13.3. The Morgan fingerprint density at radius 1 is 1.07 bits per heavy atom. The first-order valence-corrected chi connectivity index (χ1v) is 9.63. The molecule has 2 amide bonds. The monoisotopic (exact) mass is 373 g/mol. The van der Waals surface area contributed by atoms with Gasteiger partial charge in [0.15, 0.2) is 0 Å². The number of para-hydroxylation sites is 2. The van der Waals surface area contributed by atoms with Crippen molar-refractivity contribution in [3.63, 3.8) is 0 Å². The van der Waals surface area contributed by atoms with Crippen LogP contribution in [0.25, 0.3) is 10.9 Å². The lowest BCUT2D eigenvalue weighted by Crippen LogP contribution is -2.43. The molecular weight excluding hydrogens is 350 g/mol. The Bertz CT molecular complexity index is 1020. The fourth-order valence-electron chi connectivity index (χ4n) is 3.80. The van der Waals surface area contributed by atoms with E-state index in [0.29, 0.717) is 18.7 Å². The Morgan fingerprint density at radius 2 is 1.82 bits per heavy atom. The van der Waals surface area contributed by atoms with Gasteiger partial charge in [0.1, 0.15) is 0 Å².